The van der Waals surface area contributed by atoms with E-state index in [0.717, 1.165) is 12.2 Å². The fourth-order valence-corrected chi connectivity index (χ4v) is 2.12. The molecule has 0 aliphatic heterocycles. The third-order valence-corrected chi connectivity index (χ3v) is 3.56. The van der Waals surface area contributed by atoms with Crippen LogP contribution in [0.4, 0.5) is 5.69 Å². The number of carbonyl (C=O) groups is 2. The molecule has 0 spiro atoms. The zero-order valence-corrected chi connectivity index (χ0v) is 12.1. The Balaban J connectivity index is 1.83. The molecule has 0 radical (unpaired) electrons. The topological polar surface area (TPSA) is 58.6 Å². The highest BCUT2D eigenvalue weighted by atomic mass is 16.5. The molecule has 5 heteroatoms. The number of anilines is 1. The third-order valence-electron chi connectivity index (χ3n) is 3.56. The molecule has 2 unspecified atom stereocenters. The lowest BCUT2D eigenvalue weighted by Gasteiger charge is -2.16. The molecule has 108 valence electrons. The maximum atomic E-state index is 11.9. The van der Waals surface area contributed by atoms with Crippen molar-refractivity contribution < 1.29 is 14.3 Å². The molecule has 1 aromatic carbocycles. The number of ether oxygens (including phenoxy) is 1. The van der Waals surface area contributed by atoms with Crippen LogP contribution in [0.1, 0.15) is 13.3 Å². The van der Waals surface area contributed by atoms with E-state index < -0.39 is 0 Å². The Hall–Kier alpha value is -2.04. The van der Waals surface area contributed by atoms with Gasteiger partial charge in [0.1, 0.15) is 5.75 Å². The summed E-state index contributed by atoms with van der Waals surface area (Å²) in [7, 11) is 3.26. The van der Waals surface area contributed by atoms with Crippen molar-refractivity contribution in [3.05, 3.63) is 24.3 Å². The summed E-state index contributed by atoms with van der Waals surface area (Å²) in [6, 6.07) is 7.08. The third kappa shape index (κ3) is 3.50. The quantitative estimate of drug-likeness (QED) is 0.891. The van der Waals surface area contributed by atoms with Crippen molar-refractivity contribution in [2.45, 2.75) is 13.3 Å². The minimum absolute atomic E-state index is 0.0578. The molecule has 1 N–H and O–H groups in total. The monoisotopic (exact) mass is 276 g/mol. The largest absolute Gasteiger partial charge is 0.497 e. The fourth-order valence-electron chi connectivity index (χ4n) is 2.12. The van der Waals surface area contributed by atoms with E-state index in [4.69, 9.17) is 4.74 Å². The number of amides is 2. The Morgan fingerprint density at radius 1 is 1.35 bits per heavy atom. The second-order valence-electron chi connectivity index (χ2n) is 5.29. The maximum Gasteiger partial charge on any atom is 0.243 e. The molecular weight excluding hydrogens is 256 g/mol. The minimum atomic E-state index is -0.195. The first kappa shape index (κ1) is 14.4. The smallest absolute Gasteiger partial charge is 0.243 e. The van der Waals surface area contributed by atoms with E-state index in [2.05, 4.69) is 5.32 Å². The Morgan fingerprint density at radius 2 is 1.95 bits per heavy atom. The first-order valence-electron chi connectivity index (χ1n) is 6.70. The zero-order chi connectivity index (χ0) is 14.7. The summed E-state index contributed by atoms with van der Waals surface area (Å²) in [5.41, 5.74) is 0.691. The molecule has 2 amide bonds. The van der Waals surface area contributed by atoms with E-state index in [9.17, 15) is 9.59 Å². The first-order chi connectivity index (χ1) is 9.51. The SMILES string of the molecule is COc1ccc(NC(=O)CN(C)C(=O)C2CC2C)cc1. The summed E-state index contributed by atoms with van der Waals surface area (Å²) in [4.78, 5) is 25.3. The van der Waals surface area contributed by atoms with Gasteiger partial charge in [-0.3, -0.25) is 9.59 Å². The highest BCUT2D eigenvalue weighted by Gasteiger charge is 2.40. The molecule has 1 fully saturated rings. The summed E-state index contributed by atoms with van der Waals surface area (Å²) in [5, 5.41) is 2.76. The van der Waals surface area contributed by atoms with Crippen LogP contribution in [0.2, 0.25) is 0 Å². The van der Waals surface area contributed by atoms with Crippen LogP contribution in [0, 0.1) is 11.8 Å². The van der Waals surface area contributed by atoms with Crippen LogP contribution in [0.15, 0.2) is 24.3 Å². The van der Waals surface area contributed by atoms with Crippen molar-refractivity contribution in [3.63, 3.8) is 0 Å². The lowest BCUT2D eigenvalue weighted by atomic mass is 10.3. The van der Waals surface area contributed by atoms with Gasteiger partial charge >= 0.3 is 0 Å². The van der Waals surface area contributed by atoms with Crippen molar-refractivity contribution in [2.75, 3.05) is 26.0 Å². The number of hydrogen-bond acceptors (Lipinski definition) is 3. The number of nitrogens with zero attached hydrogens (tertiary/aromatic N) is 1. The van der Waals surface area contributed by atoms with E-state index in [0.29, 0.717) is 11.6 Å². The molecule has 1 aliphatic carbocycles. The van der Waals surface area contributed by atoms with Gasteiger partial charge in [-0.25, -0.2) is 0 Å². The van der Waals surface area contributed by atoms with Crippen LogP contribution >= 0.6 is 0 Å². The Morgan fingerprint density at radius 3 is 2.45 bits per heavy atom. The molecule has 0 saturated heterocycles. The molecule has 5 nitrogen and oxygen atoms in total. The van der Waals surface area contributed by atoms with Gasteiger partial charge in [0, 0.05) is 18.7 Å². The molecule has 1 aliphatic rings. The highest BCUT2D eigenvalue weighted by molar-refractivity contribution is 5.95. The number of likely N-dealkylation sites (N-methyl/N-ethyl adjacent to an activating group) is 1. The lowest BCUT2D eigenvalue weighted by molar-refractivity contribution is -0.134. The summed E-state index contributed by atoms with van der Waals surface area (Å²) < 4.78 is 5.05. The molecule has 2 rings (SSSR count). The summed E-state index contributed by atoms with van der Waals surface area (Å²) >= 11 is 0. The van der Waals surface area contributed by atoms with Crippen LogP contribution in [-0.2, 0) is 9.59 Å². The molecular formula is C15H20N2O3. The van der Waals surface area contributed by atoms with E-state index in [-0.39, 0.29) is 24.3 Å². The van der Waals surface area contributed by atoms with E-state index in [1.807, 2.05) is 6.92 Å². The number of methoxy groups -OCH3 is 1. The summed E-state index contributed by atoms with van der Waals surface area (Å²) in [5.74, 6) is 1.16. The summed E-state index contributed by atoms with van der Waals surface area (Å²) in [6.07, 6.45) is 0.934. The van der Waals surface area contributed by atoms with Gasteiger partial charge in [-0.05, 0) is 36.6 Å². The summed E-state index contributed by atoms with van der Waals surface area (Å²) in [6.45, 7) is 2.13. The molecule has 0 heterocycles. The predicted octanol–water partition coefficient (Wildman–Crippen LogP) is 1.75. The van der Waals surface area contributed by atoms with Gasteiger partial charge in [-0.2, -0.15) is 0 Å². The zero-order valence-electron chi connectivity index (χ0n) is 12.1. The van der Waals surface area contributed by atoms with Gasteiger partial charge in [0.25, 0.3) is 0 Å². The van der Waals surface area contributed by atoms with E-state index in [1.54, 1.807) is 38.4 Å². The number of benzene rings is 1. The van der Waals surface area contributed by atoms with Gasteiger partial charge in [0.15, 0.2) is 0 Å². The lowest BCUT2D eigenvalue weighted by Crippen LogP contribution is -2.36. The number of carbonyl (C=O) groups excluding carboxylic acids is 2. The Labute approximate surface area is 118 Å². The predicted molar refractivity (Wildman–Crippen MR) is 76.5 cm³/mol. The minimum Gasteiger partial charge on any atom is -0.497 e. The average molecular weight is 276 g/mol. The van der Waals surface area contributed by atoms with E-state index >= 15 is 0 Å². The molecule has 0 aromatic heterocycles. The van der Waals surface area contributed by atoms with Crippen molar-refractivity contribution >= 4 is 17.5 Å². The van der Waals surface area contributed by atoms with Crippen molar-refractivity contribution in [2.24, 2.45) is 11.8 Å². The standard InChI is InChI=1S/C15H20N2O3/c1-10-8-13(10)15(19)17(2)9-14(18)16-11-4-6-12(20-3)7-5-11/h4-7,10,13H,8-9H2,1-3H3,(H,16,18). The van der Waals surface area contributed by atoms with Crippen LogP contribution in [0.3, 0.4) is 0 Å². The second kappa shape index (κ2) is 5.94. The number of hydrogen-bond donors (Lipinski definition) is 1. The first-order valence-corrected chi connectivity index (χ1v) is 6.70. The fraction of sp³-hybridized carbons (Fsp3) is 0.467. The van der Waals surface area contributed by atoms with Crippen LogP contribution in [0.25, 0.3) is 0 Å². The van der Waals surface area contributed by atoms with Crippen molar-refractivity contribution in [1.82, 2.24) is 4.90 Å². The average Bonchev–Trinajstić information content (AvgIpc) is 3.15. The van der Waals surface area contributed by atoms with Gasteiger partial charge in [-0.1, -0.05) is 6.92 Å². The number of nitrogens with one attached hydrogen (secondary N) is 1. The van der Waals surface area contributed by atoms with E-state index in [1.165, 1.54) is 4.90 Å². The van der Waals surface area contributed by atoms with Gasteiger partial charge in [0.05, 0.1) is 13.7 Å². The van der Waals surface area contributed by atoms with Crippen LogP contribution in [-0.4, -0.2) is 37.4 Å². The maximum absolute atomic E-state index is 11.9. The molecule has 20 heavy (non-hydrogen) atoms. The second-order valence-corrected chi connectivity index (χ2v) is 5.29. The van der Waals surface area contributed by atoms with Gasteiger partial charge < -0.3 is 15.0 Å². The van der Waals surface area contributed by atoms with Crippen LogP contribution < -0.4 is 10.1 Å². The van der Waals surface area contributed by atoms with Crippen molar-refractivity contribution in [3.8, 4) is 5.75 Å². The molecule has 2 atom stereocenters. The number of rotatable bonds is 5. The highest BCUT2D eigenvalue weighted by Crippen LogP contribution is 2.38. The van der Waals surface area contributed by atoms with Crippen LogP contribution in [0.5, 0.6) is 5.75 Å². The molecule has 1 aromatic rings. The normalized spacial score (nSPS) is 20.1. The molecule has 1 saturated carbocycles. The molecule has 0 bridgehead atoms. The Bertz CT molecular complexity index is 498. The van der Waals surface area contributed by atoms with Gasteiger partial charge in [0.2, 0.25) is 11.8 Å². The Kier molecular flexibility index (Phi) is 4.27. The van der Waals surface area contributed by atoms with Gasteiger partial charge in [-0.15, -0.1) is 0 Å². The van der Waals surface area contributed by atoms with Crippen molar-refractivity contribution in [1.29, 1.82) is 0 Å².